The second-order valence-corrected chi connectivity index (χ2v) is 5.84. The molecule has 0 aromatic heterocycles. The first-order valence-corrected chi connectivity index (χ1v) is 8.11. The maximum atomic E-state index is 8.58. The number of nitrogen functional groups attached to an aromatic ring is 1. The van der Waals surface area contributed by atoms with Crippen molar-refractivity contribution in [1.82, 2.24) is 0 Å². The monoisotopic (exact) mass is 311 g/mol. The van der Waals surface area contributed by atoms with Gasteiger partial charge in [-0.25, -0.2) is 0 Å². The average molecular weight is 311 g/mol. The first kappa shape index (κ1) is 16.9. The van der Waals surface area contributed by atoms with Crippen molar-refractivity contribution >= 4 is 23.5 Å². The van der Waals surface area contributed by atoms with Crippen LogP contribution in [0.3, 0.4) is 0 Å². The van der Waals surface area contributed by atoms with Crippen molar-refractivity contribution in [2.24, 2.45) is 5.73 Å². The van der Waals surface area contributed by atoms with E-state index in [1.165, 1.54) is 37.7 Å². The van der Waals surface area contributed by atoms with E-state index in [1.54, 1.807) is 0 Å². The Balaban J connectivity index is 0.000000595. The van der Waals surface area contributed by atoms with Crippen LogP contribution in [0.25, 0.3) is 0 Å². The summed E-state index contributed by atoms with van der Waals surface area (Å²) < 4.78 is 0. The smallest absolute Gasteiger partial charge is 0.204 e. The predicted molar refractivity (Wildman–Crippen MR) is 96.7 cm³/mol. The van der Waals surface area contributed by atoms with Crippen LogP contribution in [-0.4, -0.2) is 6.41 Å². The third-order valence-corrected chi connectivity index (χ3v) is 4.16. The topological polar surface area (TPSA) is 81.1 Å². The van der Waals surface area contributed by atoms with Crippen LogP contribution >= 0.6 is 0 Å². The summed E-state index contributed by atoms with van der Waals surface area (Å²) in [6, 6.07) is 16.7. The fraction of sp³-hybridized carbons (Fsp3) is 0.316. The zero-order valence-corrected chi connectivity index (χ0v) is 13.4. The number of nitrogens with one attached hydrogen (secondary N) is 1. The molecule has 0 spiro atoms. The lowest BCUT2D eigenvalue weighted by Gasteiger charge is -2.22. The van der Waals surface area contributed by atoms with E-state index in [-0.39, 0.29) is 6.41 Å². The Morgan fingerprint density at radius 1 is 0.957 bits per heavy atom. The number of rotatable bonds is 3. The molecule has 0 saturated heterocycles. The Labute approximate surface area is 137 Å². The van der Waals surface area contributed by atoms with Crippen LogP contribution < -0.4 is 16.8 Å². The lowest BCUT2D eigenvalue weighted by molar-refractivity contribution is -0.106. The molecule has 4 nitrogen and oxygen atoms in total. The second kappa shape index (κ2) is 8.83. The molecule has 5 N–H and O–H groups in total. The number of anilines is 3. The van der Waals surface area contributed by atoms with E-state index in [9.17, 15) is 0 Å². The van der Waals surface area contributed by atoms with Crippen molar-refractivity contribution in [2.75, 3.05) is 11.1 Å². The number of nitrogens with two attached hydrogens (primary N) is 2. The van der Waals surface area contributed by atoms with Gasteiger partial charge in [-0.1, -0.05) is 37.5 Å². The largest absolute Gasteiger partial charge is 0.399 e. The molecule has 0 radical (unpaired) electrons. The van der Waals surface area contributed by atoms with Gasteiger partial charge in [0.05, 0.1) is 0 Å². The van der Waals surface area contributed by atoms with Gasteiger partial charge < -0.3 is 16.8 Å². The predicted octanol–water partition coefficient (Wildman–Crippen LogP) is 4.16. The Hall–Kier alpha value is -2.49. The van der Waals surface area contributed by atoms with E-state index in [1.807, 2.05) is 24.3 Å². The maximum absolute atomic E-state index is 8.58. The summed E-state index contributed by atoms with van der Waals surface area (Å²) in [4.78, 5) is 8.58. The Morgan fingerprint density at radius 2 is 1.61 bits per heavy atom. The molecular weight excluding hydrogens is 286 g/mol. The SMILES string of the molecule is NC=O.Nc1cccc(Nc2ccc(C3CCCCC3)cc2)c1. The molecule has 1 aliphatic rings. The zero-order valence-electron chi connectivity index (χ0n) is 13.4. The molecule has 0 aliphatic heterocycles. The summed E-state index contributed by atoms with van der Waals surface area (Å²) in [6.45, 7) is 0. The van der Waals surface area contributed by atoms with Crippen LogP contribution in [0, 0.1) is 0 Å². The van der Waals surface area contributed by atoms with Gasteiger partial charge in [0.15, 0.2) is 0 Å². The number of primary amides is 1. The van der Waals surface area contributed by atoms with Gasteiger partial charge in [-0.3, -0.25) is 4.79 Å². The van der Waals surface area contributed by atoms with Crippen molar-refractivity contribution in [3.8, 4) is 0 Å². The second-order valence-electron chi connectivity index (χ2n) is 5.84. The van der Waals surface area contributed by atoms with E-state index in [4.69, 9.17) is 10.5 Å². The quantitative estimate of drug-likeness (QED) is 0.588. The van der Waals surface area contributed by atoms with Crippen LogP contribution in [-0.2, 0) is 4.79 Å². The lowest BCUT2D eigenvalue weighted by Crippen LogP contribution is -2.04. The molecule has 1 aliphatic carbocycles. The normalized spacial score (nSPS) is 14.4. The molecule has 2 aromatic rings. The Kier molecular flexibility index (Phi) is 6.48. The minimum absolute atomic E-state index is 0.250. The third kappa shape index (κ3) is 5.33. The molecule has 0 atom stereocenters. The van der Waals surface area contributed by atoms with Crippen molar-refractivity contribution in [3.63, 3.8) is 0 Å². The van der Waals surface area contributed by atoms with Crippen molar-refractivity contribution in [3.05, 3.63) is 54.1 Å². The molecule has 1 fully saturated rings. The number of carbonyl (C=O) groups excluding carboxylic acids is 1. The van der Waals surface area contributed by atoms with Gasteiger partial charge in [0, 0.05) is 17.1 Å². The number of amides is 1. The number of hydrogen-bond acceptors (Lipinski definition) is 3. The molecule has 3 rings (SSSR count). The molecule has 0 heterocycles. The van der Waals surface area contributed by atoms with Crippen LogP contribution in [0.4, 0.5) is 17.1 Å². The Bertz CT molecular complexity index is 604. The first-order valence-electron chi connectivity index (χ1n) is 8.11. The molecule has 0 bridgehead atoms. The highest BCUT2D eigenvalue weighted by atomic mass is 16.1. The minimum Gasteiger partial charge on any atom is -0.399 e. The molecule has 122 valence electrons. The van der Waals surface area contributed by atoms with Crippen LogP contribution in [0.5, 0.6) is 0 Å². The summed E-state index contributed by atoms with van der Waals surface area (Å²) >= 11 is 0. The fourth-order valence-corrected chi connectivity index (χ4v) is 3.06. The summed E-state index contributed by atoms with van der Waals surface area (Å²) in [6.07, 6.45) is 7.12. The summed E-state index contributed by atoms with van der Waals surface area (Å²) in [7, 11) is 0. The van der Waals surface area contributed by atoms with Gasteiger partial charge in [-0.05, 0) is 54.7 Å². The van der Waals surface area contributed by atoms with Gasteiger partial charge in [-0.2, -0.15) is 0 Å². The van der Waals surface area contributed by atoms with Crippen molar-refractivity contribution in [1.29, 1.82) is 0 Å². The summed E-state index contributed by atoms with van der Waals surface area (Å²) in [5, 5.41) is 3.39. The molecular formula is C19H25N3O. The van der Waals surface area contributed by atoms with Crippen molar-refractivity contribution in [2.45, 2.75) is 38.0 Å². The Morgan fingerprint density at radius 3 is 2.22 bits per heavy atom. The highest BCUT2D eigenvalue weighted by molar-refractivity contribution is 5.63. The van der Waals surface area contributed by atoms with Crippen LogP contribution in [0.2, 0.25) is 0 Å². The summed E-state index contributed by atoms with van der Waals surface area (Å²) in [5.41, 5.74) is 14.4. The molecule has 0 unspecified atom stereocenters. The molecule has 23 heavy (non-hydrogen) atoms. The standard InChI is InChI=1S/C18H22N2.CH3NO/c19-16-7-4-8-18(13-16)20-17-11-9-15(10-12-17)14-5-2-1-3-6-14;2-1-3/h4,7-14,20H,1-3,5-6,19H2;1H,(H2,2,3). The lowest BCUT2D eigenvalue weighted by atomic mass is 9.84. The first-order chi connectivity index (χ1) is 11.2. The van der Waals surface area contributed by atoms with E-state index in [2.05, 4.69) is 35.3 Å². The number of benzene rings is 2. The van der Waals surface area contributed by atoms with E-state index in [0.29, 0.717) is 0 Å². The number of carbonyl (C=O) groups is 1. The molecule has 4 heteroatoms. The average Bonchev–Trinajstić information content (AvgIpc) is 2.57. The zero-order chi connectivity index (χ0) is 16.5. The molecule has 1 amide bonds. The van der Waals surface area contributed by atoms with Crippen LogP contribution in [0.15, 0.2) is 48.5 Å². The van der Waals surface area contributed by atoms with Gasteiger partial charge in [0.2, 0.25) is 6.41 Å². The summed E-state index contributed by atoms with van der Waals surface area (Å²) in [5.74, 6) is 0.769. The van der Waals surface area contributed by atoms with Crippen LogP contribution in [0.1, 0.15) is 43.6 Å². The van der Waals surface area contributed by atoms with Gasteiger partial charge in [0.1, 0.15) is 0 Å². The van der Waals surface area contributed by atoms with Gasteiger partial charge in [-0.15, -0.1) is 0 Å². The number of hydrogen-bond donors (Lipinski definition) is 3. The highest BCUT2D eigenvalue weighted by Crippen LogP contribution is 2.33. The maximum Gasteiger partial charge on any atom is 0.204 e. The highest BCUT2D eigenvalue weighted by Gasteiger charge is 2.14. The van der Waals surface area contributed by atoms with E-state index < -0.39 is 0 Å². The molecule has 2 aromatic carbocycles. The minimum atomic E-state index is 0.250. The van der Waals surface area contributed by atoms with Gasteiger partial charge in [0.25, 0.3) is 0 Å². The van der Waals surface area contributed by atoms with Crippen molar-refractivity contribution < 1.29 is 4.79 Å². The fourth-order valence-electron chi connectivity index (χ4n) is 3.06. The van der Waals surface area contributed by atoms with Gasteiger partial charge >= 0.3 is 0 Å². The third-order valence-electron chi connectivity index (χ3n) is 4.16. The molecule has 1 saturated carbocycles. The van der Waals surface area contributed by atoms with E-state index in [0.717, 1.165) is 23.0 Å². The van der Waals surface area contributed by atoms with E-state index >= 15 is 0 Å².